The van der Waals surface area contributed by atoms with Crippen molar-refractivity contribution in [3.05, 3.63) is 48.5 Å². The minimum absolute atomic E-state index is 0.182. The second kappa shape index (κ2) is 7.43. The van der Waals surface area contributed by atoms with Crippen LogP contribution in [0.3, 0.4) is 0 Å². The zero-order chi connectivity index (χ0) is 21.8. The highest BCUT2D eigenvalue weighted by molar-refractivity contribution is 7.14. The summed E-state index contributed by atoms with van der Waals surface area (Å²) in [6.07, 6.45) is 11.0. The quantitative estimate of drug-likeness (QED) is 0.389. The third-order valence-electron chi connectivity index (χ3n) is 6.55. The van der Waals surface area contributed by atoms with Gasteiger partial charge >= 0.3 is 0 Å². The zero-order valence-corrected chi connectivity index (χ0v) is 18.5. The van der Waals surface area contributed by atoms with Crippen LogP contribution in [0.1, 0.15) is 37.3 Å². The lowest BCUT2D eigenvalue weighted by molar-refractivity contribution is 0.108. The van der Waals surface area contributed by atoms with E-state index in [0.29, 0.717) is 17.4 Å². The summed E-state index contributed by atoms with van der Waals surface area (Å²) in [4.78, 5) is 4.39. The molecule has 3 N–H and O–H groups in total. The number of aliphatic hydroxyl groups is 1. The Balaban J connectivity index is 1.44. The Morgan fingerprint density at radius 2 is 1.94 bits per heavy atom. The van der Waals surface area contributed by atoms with E-state index in [1.54, 1.807) is 6.20 Å². The smallest absolute Gasteiger partial charge is 0.177 e. The summed E-state index contributed by atoms with van der Waals surface area (Å²) in [5.41, 5.74) is 10.9. The molecule has 162 valence electrons. The van der Waals surface area contributed by atoms with Gasteiger partial charge in [-0.3, -0.25) is 4.68 Å². The fourth-order valence-electron chi connectivity index (χ4n) is 4.69. The van der Waals surface area contributed by atoms with Gasteiger partial charge < -0.3 is 15.3 Å². The van der Waals surface area contributed by atoms with E-state index in [1.807, 2.05) is 23.1 Å². The molecule has 4 heterocycles. The van der Waals surface area contributed by atoms with Gasteiger partial charge in [-0.1, -0.05) is 6.07 Å². The van der Waals surface area contributed by atoms with Crippen LogP contribution >= 0.6 is 11.5 Å². The first kappa shape index (κ1) is 19.5. The third-order valence-corrected chi connectivity index (χ3v) is 7.38. The second-order valence-electron chi connectivity index (χ2n) is 8.58. The number of pyridine rings is 1. The lowest BCUT2D eigenvalue weighted by Crippen LogP contribution is -2.21. The summed E-state index contributed by atoms with van der Waals surface area (Å²) in [7, 11) is 0. The first-order chi connectivity index (χ1) is 15.6. The number of hydrogen-bond acceptors (Lipinski definition) is 7. The highest BCUT2D eigenvalue weighted by Gasteiger charge is 2.23. The van der Waals surface area contributed by atoms with Crippen molar-refractivity contribution < 1.29 is 9.52 Å². The molecule has 0 unspecified atom stereocenters. The molecule has 32 heavy (non-hydrogen) atoms. The fraction of sp³-hybridized carbons (Fsp3) is 0.292. The van der Waals surface area contributed by atoms with E-state index in [9.17, 15) is 5.11 Å². The number of hydrogen-bond donors (Lipinski definition) is 2. The summed E-state index contributed by atoms with van der Waals surface area (Å²) < 4.78 is 13.7. The number of nitrogen functional groups attached to an aromatic ring is 1. The Bertz CT molecular complexity index is 1440. The number of aromatic nitrogens is 4. The molecule has 5 aromatic rings. The number of nitrogens with zero attached hydrogens (tertiary/aromatic N) is 4. The van der Waals surface area contributed by atoms with E-state index in [1.165, 1.54) is 17.1 Å². The van der Waals surface area contributed by atoms with Crippen LogP contribution in [0.25, 0.3) is 43.5 Å². The van der Waals surface area contributed by atoms with Crippen molar-refractivity contribution in [1.29, 1.82) is 0 Å². The molecule has 0 radical (unpaired) electrons. The molecule has 0 amide bonds. The first-order valence-corrected chi connectivity index (χ1v) is 11.6. The average Bonchev–Trinajstić information content (AvgIpc) is 3.55. The van der Waals surface area contributed by atoms with Crippen molar-refractivity contribution in [2.24, 2.45) is 0 Å². The van der Waals surface area contributed by atoms with Gasteiger partial charge in [-0.05, 0) is 61.8 Å². The predicted octanol–water partition coefficient (Wildman–Crippen LogP) is 5.33. The minimum Gasteiger partial charge on any atom is -0.452 e. The van der Waals surface area contributed by atoms with Crippen molar-refractivity contribution in [2.45, 2.75) is 44.8 Å². The van der Waals surface area contributed by atoms with E-state index >= 15 is 0 Å². The molecule has 1 fully saturated rings. The molecule has 0 saturated heterocycles. The van der Waals surface area contributed by atoms with E-state index < -0.39 is 0 Å². The van der Waals surface area contributed by atoms with Crippen molar-refractivity contribution in [1.82, 2.24) is 19.1 Å². The van der Waals surface area contributed by atoms with E-state index in [2.05, 4.69) is 39.7 Å². The van der Waals surface area contributed by atoms with Crippen LogP contribution < -0.4 is 5.73 Å². The topological polar surface area (TPSA) is 103 Å². The van der Waals surface area contributed by atoms with Gasteiger partial charge in [0.1, 0.15) is 5.76 Å². The molecule has 0 bridgehead atoms. The SMILES string of the molecule is Cc1ccc(-c2cc3c(-c4cnn(C5CCC(O)CC5)c4)cnc(N)c3o2)c2sncc12. The molecular weight excluding hydrogens is 422 g/mol. The standard InChI is InChI=1S/C24H23N5O2S/c1-13-2-7-17(23-19(13)11-28-32-23)21-8-18-20(10-26-24(25)22(18)31-21)14-9-27-29(12-14)15-3-5-16(30)6-4-15/h2,7-12,15-16,30H,3-6H2,1H3,(H2,25,26). The molecule has 7 nitrogen and oxygen atoms in total. The van der Waals surface area contributed by atoms with Gasteiger partial charge in [0.2, 0.25) is 0 Å². The largest absolute Gasteiger partial charge is 0.452 e. The molecule has 0 spiro atoms. The van der Waals surface area contributed by atoms with Crippen molar-refractivity contribution in [3.63, 3.8) is 0 Å². The Kier molecular flexibility index (Phi) is 4.51. The number of anilines is 1. The van der Waals surface area contributed by atoms with Gasteiger partial charge in [0.15, 0.2) is 11.4 Å². The molecule has 1 aliphatic carbocycles. The Morgan fingerprint density at radius 1 is 1.09 bits per heavy atom. The van der Waals surface area contributed by atoms with Gasteiger partial charge in [0.05, 0.1) is 23.0 Å². The molecule has 1 aromatic carbocycles. The fourth-order valence-corrected chi connectivity index (χ4v) is 5.53. The van der Waals surface area contributed by atoms with Crippen molar-refractivity contribution >= 4 is 38.4 Å². The van der Waals surface area contributed by atoms with E-state index in [-0.39, 0.29) is 6.10 Å². The molecular formula is C24H23N5O2S. The van der Waals surface area contributed by atoms with E-state index in [0.717, 1.165) is 63.6 Å². The number of benzene rings is 1. The number of rotatable bonds is 3. The highest BCUT2D eigenvalue weighted by Crippen LogP contribution is 2.40. The maximum atomic E-state index is 9.80. The highest BCUT2D eigenvalue weighted by atomic mass is 32.1. The Morgan fingerprint density at radius 3 is 2.78 bits per heavy atom. The van der Waals surface area contributed by atoms with Crippen LogP contribution in [0.15, 0.2) is 47.4 Å². The van der Waals surface area contributed by atoms with Gasteiger partial charge in [0, 0.05) is 46.1 Å². The minimum atomic E-state index is -0.182. The summed E-state index contributed by atoms with van der Waals surface area (Å²) in [6.45, 7) is 2.09. The van der Waals surface area contributed by atoms with Crippen LogP contribution in [-0.2, 0) is 0 Å². The third kappa shape index (κ3) is 3.10. The monoisotopic (exact) mass is 445 g/mol. The van der Waals surface area contributed by atoms with Crippen LogP contribution in [0.5, 0.6) is 0 Å². The molecule has 6 rings (SSSR count). The summed E-state index contributed by atoms with van der Waals surface area (Å²) >= 11 is 1.47. The lowest BCUT2D eigenvalue weighted by Gasteiger charge is -2.25. The van der Waals surface area contributed by atoms with Crippen molar-refractivity contribution in [2.75, 3.05) is 5.73 Å². The number of furan rings is 1. The number of nitrogens with two attached hydrogens (primary N) is 1. The van der Waals surface area contributed by atoms with Crippen molar-refractivity contribution in [3.8, 4) is 22.5 Å². The number of aliphatic hydroxyl groups excluding tert-OH is 1. The normalized spacial score (nSPS) is 19.2. The molecule has 0 atom stereocenters. The second-order valence-corrected chi connectivity index (χ2v) is 9.38. The Hall–Kier alpha value is -3.23. The summed E-state index contributed by atoms with van der Waals surface area (Å²) in [5.74, 6) is 1.13. The zero-order valence-electron chi connectivity index (χ0n) is 17.7. The molecule has 1 aliphatic rings. The van der Waals surface area contributed by atoms with Crippen LogP contribution in [-0.4, -0.2) is 30.3 Å². The Labute approximate surface area is 188 Å². The van der Waals surface area contributed by atoms with Crippen LogP contribution in [0, 0.1) is 6.92 Å². The maximum absolute atomic E-state index is 9.80. The molecule has 8 heteroatoms. The van der Waals surface area contributed by atoms with Gasteiger partial charge in [-0.25, -0.2) is 4.98 Å². The maximum Gasteiger partial charge on any atom is 0.177 e. The van der Waals surface area contributed by atoms with Gasteiger partial charge in [-0.15, -0.1) is 0 Å². The molecule has 4 aromatic heterocycles. The van der Waals surface area contributed by atoms with E-state index in [4.69, 9.17) is 10.2 Å². The van der Waals surface area contributed by atoms with Gasteiger partial charge in [-0.2, -0.15) is 9.47 Å². The molecule has 1 saturated carbocycles. The lowest BCUT2D eigenvalue weighted by atomic mass is 9.93. The predicted molar refractivity (Wildman–Crippen MR) is 127 cm³/mol. The van der Waals surface area contributed by atoms with Crippen LogP contribution in [0.4, 0.5) is 5.82 Å². The molecule has 0 aliphatic heterocycles. The number of aryl methyl sites for hydroxylation is 1. The number of fused-ring (bicyclic) bond motifs is 2. The van der Waals surface area contributed by atoms with Crippen LogP contribution in [0.2, 0.25) is 0 Å². The summed E-state index contributed by atoms with van der Waals surface area (Å²) in [5, 5.41) is 16.5. The average molecular weight is 446 g/mol. The summed E-state index contributed by atoms with van der Waals surface area (Å²) in [6, 6.07) is 6.52. The first-order valence-electron chi connectivity index (χ1n) is 10.8. The van der Waals surface area contributed by atoms with Gasteiger partial charge in [0.25, 0.3) is 0 Å².